The topological polar surface area (TPSA) is 186 Å². The average Bonchev–Trinajstić information content (AvgIpc) is 3.49. The number of likely N-dealkylation sites (tertiary alicyclic amines) is 2. The summed E-state index contributed by atoms with van der Waals surface area (Å²) in [6.07, 6.45) is 10.2. The van der Waals surface area contributed by atoms with Crippen molar-refractivity contribution in [3.8, 4) is 46.5 Å². The molecule has 2 amide bonds. The van der Waals surface area contributed by atoms with E-state index in [1.165, 1.54) is 47.5 Å². The molecule has 5 aliphatic heterocycles. The number of fused-ring (bicyclic) bond motifs is 4. The molecule has 4 aromatic carbocycles. The van der Waals surface area contributed by atoms with Gasteiger partial charge in [-0.15, -0.1) is 6.42 Å². The molecule has 1 spiro atoms. The zero-order chi connectivity index (χ0) is 57.3. The van der Waals surface area contributed by atoms with Crippen LogP contribution in [0.3, 0.4) is 0 Å². The van der Waals surface area contributed by atoms with Gasteiger partial charge in [0.15, 0.2) is 17.4 Å². The van der Waals surface area contributed by atoms with E-state index in [2.05, 4.69) is 46.4 Å². The first-order valence-electron chi connectivity index (χ1n) is 27.8. The number of pyridine rings is 1. The number of benzene rings is 4. The lowest BCUT2D eigenvalue weighted by molar-refractivity contribution is -0.141. The van der Waals surface area contributed by atoms with Crippen LogP contribution >= 0.6 is 0 Å². The number of carbonyl (C=O) groups is 2. The lowest BCUT2D eigenvalue weighted by atomic mass is 9.72. The van der Waals surface area contributed by atoms with Crippen molar-refractivity contribution in [2.45, 2.75) is 89.1 Å². The molecule has 5 fully saturated rings. The number of amides is 2. The monoisotopic (exact) mass is 1120 g/mol. The van der Waals surface area contributed by atoms with Gasteiger partial charge in [-0.05, 0) is 86.3 Å². The summed E-state index contributed by atoms with van der Waals surface area (Å²) in [5, 5.41) is 33.5. The van der Waals surface area contributed by atoms with Gasteiger partial charge in [-0.3, -0.25) is 19.5 Å². The van der Waals surface area contributed by atoms with Crippen molar-refractivity contribution in [3.63, 3.8) is 0 Å². The van der Waals surface area contributed by atoms with Crippen LogP contribution in [0.15, 0.2) is 77.4 Å². The minimum atomic E-state index is -1.04. The van der Waals surface area contributed by atoms with Crippen molar-refractivity contribution < 1.29 is 51.0 Å². The summed E-state index contributed by atoms with van der Waals surface area (Å²) in [6.45, 7) is 10.7. The molecule has 0 radical (unpaired) electrons. The summed E-state index contributed by atoms with van der Waals surface area (Å²) in [7, 11) is 0. The highest BCUT2D eigenvalue weighted by Gasteiger charge is 2.47. The Hall–Kier alpha value is -7.93. The molecule has 2 bridgehead atoms. The highest BCUT2D eigenvalue weighted by molar-refractivity contribution is 6.03. The van der Waals surface area contributed by atoms with Crippen molar-refractivity contribution in [3.05, 3.63) is 119 Å². The molecular formula is C61H61F5N10O6. The van der Waals surface area contributed by atoms with E-state index in [4.69, 9.17) is 20.7 Å². The van der Waals surface area contributed by atoms with Crippen molar-refractivity contribution in [1.82, 2.24) is 40.5 Å². The standard InChI is InChI=1S/C61H61F5N10O6/c1-5-42-45(63)13-10-36-20-40(77)23-43(52(36)42)55-54(66)56-44(26-67-55)57(74-27-38-11-12-39(28-74)69-38)71-60(70-56)81-19-18-73-16-14-61(15-17-73)30-75(31-61)50-25-49(82-72-50)51(32(2)3)59(80)76-29-41(78)24-48(76)58(79)68-33(4)34-6-8-35(9-7-34)53-46(64)21-37(62)22-47(53)65/h1,6-10,13,20-23,25-26,32-33,38-39,41,48,51,69,77-78H,11-12,14-19,24,27-31H2,2-4H3,(H,68,79)/t33-,38?,39?,41+,48-,51+/m0/s1. The molecule has 5 saturated heterocycles. The van der Waals surface area contributed by atoms with Crippen molar-refractivity contribution in [1.29, 1.82) is 0 Å². The molecule has 5 aliphatic rings. The number of aromatic nitrogens is 4. The molecule has 16 nitrogen and oxygen atoms in total. The van der Waals surface area contributed by atoms with Crippen molar-refractivity contribution in [2.24, 2.45) is 11.3 Å². The van der Waals surface area contributed by atoms with E-state index < -0.39 is 59.1 Å². The quantitative estimate of drug-likeness (QED) is 0.0601. The van der Waals surface area contributed by atoms with E-state index >= 15 is 8.78 Å². The second kappa shape index (κ2) is 21.8. The third kappa shape index (κ3) is 10.3. The predicted octanol–water partition coefficient (Wildman–Crippen LogP) is 8.38. The van der Waals surface area contributed by atoms with E-state index in [1.807, 2.05) is 13.8 Å². The molecule has 12 rings (SSSR count). The molecular weight excluding hydrogens is 1060 g/mol. The number of anilines is 2. The van der Waals surface area contributed by atoms with Crippen LogP contribution in [0.1, 0.15) is 81.7 Å². The minimum Gasteiger partial charge on any atom is -0.508 e. The normalized spacial score (nSPS) is 21.3. The van der Waals surface area contributed by atoms with E-state index in [1.54, 1.807) is 25.1 Å². The van der Waals surface area contributed by atoms with E-state index in [0.29, 0.717) is 65.5 Å². The molecule has 0 aliphatic carbocycles. The fourth-order valence-electron chi connectivity index (χ4n) is 12.9. The number of ether oxygens (including phenoxy) is 1. The van der Waals surface area contributed by atoms with Crippen LogP contribution < -0.4 is 25.2 Å². The summed E-state index contributed by atoms with van der Waals surface area (Å²) in [6, 6.07) is 13.6. The smallest absolute Gasteiger partial charge is 0.319 e. The Kier molecular flexibility index (Phi) is 14.5. The number of halogens is 5. The van der Waals surface area contributed by atoms with Gasteiger partial charge >= 0.3 is 6.01 Å². The van der Waals surface area contributed by atoms with Gasteiger partial charge in [-0.2, -0.15) is 9.97 Å². The maximum atomic E-state index is 17.1. The third-order valence-electron chi connectivity index (χ3n) is 17.2. The summed E-state index contributed by atoms with van der Waals surface area (Å²) in [5.74, 6) is -2.74. The fraction of sp³-hybridized carbons (Fsp3) is 0.410. The Morgan fingerprint density at radius 2 is 1.63 bits per heavy atom. The SMILES string of the molecule is C#Cc1c(F)ccc2cc(O)cc(-c3ncc4c(N5CC6CCC(C5)N6)nc(OCCN5CCC6(CC5)CN(c5cc([C@H](C(=O)N7C[C@H](O)C[C@H]7C(=O)N[C@@H](C)c7ccc(-c8c(F)cc(F)cc8F)cc7)C(C)C)on5)C6)nc4c3F)c12. The van der Waals surface area contributed by atoms with Crippen LogP contribution in [-0.2, 0) is 9.59 Å². The number of piperazine rings is 1. The molecule has 7 aromatic rings. The molecule has 6 atom stereocenters. The van der Waals surface area contributed by atoms with Crippen molar-refractivity contribution in [2.75, 3.05) is 68.8 Å². The van der Waals surface area contributed by atoms with Gasteiger partial charge in [0.2, 0.25) is 11.8 Å². The zero-order valence-electron chi connectivity index (χ0n) is 45.4. The number of hydrogen-bond donors (Lipinski definition) is 4. The van der Waals surface area contributed by atoms with Crippen LogP contribution in [0.4, 0.5) is 33.6 Å². The summed E-state index contributed by atoms with van der Waals surface area (Å²) in [4.78, 5) is 50.3. The maximum Gasteiger partial charge on any atom is 0.319 e. The first kappa shape index (κ1) is 54.6. The number of hydrogen-bond acceptors (Lipinski definition) is 14. The number of aliphatic hydroxyl groups is 1. The van der Waals surface area contributed by atoms with Gasteiger partial charge in [0.1, 0.15) is 64.6 Å². The third-order valence-corrected chi connectivity index (χ3v) is 17.2. The Morgan fingerprint density at radius 3 is 2.33 bits per heavy atom. The van der Waals surface area contributed by atoms with E-state index in [9.17, 15) is 33.0 Å². The molecule has 2 unspecified atom stereocenters. The number of rotatable bonds is 14. The first-order valence-corrected chi connectivity index (χ1v) is 27.8. The molecule has 4 N–H and O–H groups in total. The van der Waals surface area contributed by atoms with Crippen LogP contribution in [0, 0.1) is 52.8 Å². The molecule has 8 heterocycles. The number of piperidine rings is 1. The number of aliphatic hydroxyl groups excluding tert-OH is 1. The number of phenols is 1. The number of aromatic hydroxyl groups is 1. The number of phenolic OH excluding ortho intramolecular Hbond substituents is 1. The van der Waals surface area contributed by atoms with Crippen LogP contribution in [0.2, 0.25) is 0 Å². The first-order chi connectivity index (χ1) is 39.4. The summed E-state index contributed by atoms with van der Waals surface area (Å²) >= 11 is 0. The zero-order valence-corrected chi connectivity index (χ0v) is 45.4. The van der Waals surface area contributed by atoms with Gasteiger partial charge in [-0.1, -0.05) is 55.3 Å². The van der Waals surface area contributed by atoms with Gasteiger partial charge in [-0.25, -0.2) is 22.0 Å². The second-order valence-corrected chi connectivity index (χ2v) is 23.1. The Morgan fingerprint density at radius 1 is 0.915 bits per heavy atom. The van der Waals surface area contributed by atoms with E-state index in [0.717, 1.165) is 51.9 Å². The Balaban J connectivity index is 0.674. The number of nitrogens with zero attached hydrogens (tertiary/aromatic N) is 8. The lowest BCUT2D eigenvalue weighted by Gasteiger charge is -2.54. The molecule has 21 heteroatoms. The largest absolute Gasteiger partial charge is 0.508 e. The van der Waals surface area contributed by atoms with E-state index in [-0.39, 0.29) is 99.5 Å². The predicted molar refractivity (Wildman–Crippen MR) is 296 cm³/mol. The number of β-amino-alcohol motifs (C(OH)–C–C–N with tert-alkyl or cyclic N) is 1. The van der Waals surface area contributed by atoms with Gasteiger partial charge in [0.05, 0.1) is 28.7 Å². The Bertz CT molecular complexity index is 3640. The molecule has 3 aromatic heterocycles. The number of terminal acetylenes is 1. The Labute approximate surface area is 469 Å². The van der Waals surface area contributed by atoms with Crippen LogP contribution in [-0.4, -0.2) is 135 Å². The van der Waals surface area contributed by atoms with Gasteiger partial charge in [0, 0.05) is 98.5 Å². The summed E-state index contributed by atoms with van der Waals surface area (Å²) in [5.41, 5.74) is 0.370. The molecule has 0 saturated carbocycles. The second-order valence-electron chi connectivity index (χ2n) is 23.1. The highest BCUT2D eigenvalue weighted by Crippen LogP contribution is 2.44. The molecule has 426 valence electrons. The summed E-state index contributed by atoms with van der Waals surface area (Å²) < 4.78 is 86.8. The van der Waals surface area contributed by atoms with Gasteiger partial charge < -0.3 is 44.8 Å². The minimum absolute atomic E-state index is 0.0107. The van der Waals surface area contributed by atoms with Crippen LogP contribution in [0.5, 0.6) is 11.8 Å². The number of carbonyl (C=O) groups excluding carboxylic acids is 2. The average molecular weight is 1130 g/mol. The maximum absolute atomic E-state index is 17.1. The lowest BCUT2D eigenvalue weighted by Crippen LogP contribution is -2.60. The van der Waals surface area contributed by atoms with Crippen molar-refractivity contribution >= 4 is 45.1 Å². The van der Waals surface area contributed by atoms with Gasteiger partial charge in [0.25, 0.3) is 0 Å². The molecule has 82 heavy (non-hydrogen) atoms. The number of nitrogens with one attached hydrogen (secondary N) is 2. The van der Waals surface area contributed by atoms with Crippen LogP contribution in [0.25, 0.3) is 44.1 Å². The highest BCUT2D eigenvalue weighted by atomic mass is 19.2. The fourth-order valence-corrected chi connectivity index (χ4v) is 12.9.